The highest BCUT2D eigenvalue weighted by molar-refractivity contribution is 5.93. The molecule has 2 aromatic heterocycles. The number of aromatic amines is 1. The summed E-state index contributed by atoms with van der Waals surface area (Å²) >= 11 is 0. The number of aromatic nitrogens is 3. The van der Waals surface area contributed by atoms with Crippen molar-refractivity contribution in [2.24, 2.45) is 5.92 Å². The van der Waals surface area contributed by atoms with Crippen molar-refractivity contribution in [3.8, 4) is 0 Å². The molecule has 0 aromatic carbocycles. The van der Waals surface area contributed by atoms with E-state index in [1.807, 2.05) is 29.1 Å². The van der Waals surface area contributed by atoms with Crippen LogP contribution in [0.4, 0.5) is 5.69 Å². The van der Waals surface area contributed by atoms with E-state index in [0.29, 0.717) is 11.6 Å². The number of anilines is 1. The fraction of sp³-hybridized carbons (Fsp3) is 0.385. The highest BCUT2D eigenvalue weighted by atomic mass is 16.2. The van der Waals surface area contributed by atoms with Gasteiger partial charge in [0.25, 0.3) is 0 Å². The molecule has 0 radical (unpaired) electrons. The summed E-state index contributed by atoms with van der Waals surface area (Å²) in [6.07, 6.45) is 7.91. The first kappa shape index (κ1) is 12.4. The Kier molecular flexibility index (Phi) is 3.82. The van der Waals surface area contributed by atoms with Crippen molar-refractivity contribution in [2.45, 2.75) is 26.3 Å². The zero-order valence-corrected chi connectivity index (χ0v) is 10.6. The molecule has 1 amide bonds. The number of rotatable bonds is 5. The first-order valence-electron chi connectivity index (χ1n) is 6.09. The van der Waals surface area contributed by atoms with Crippen LogP contribution >= 0.6 is 0 Å². The van der Waals surface area contributed by atoms with Gasteiger partial charge in [-0.1, -0.05) is 13.8 Å². The van der Waals surface area contributed by atoms with Crippen molar-refractivity contribution in [3.63, 3.8) is 0 Å². The third kappa shape index (κ3) is 3.00. The van der Waals surface area contributed by atoms with Gasteiger partial charge in [0.05, 0.1) is 11.9 Å². The lowest BCUT2D eigenvalue weighted by Crippen LogP contribution is -2.26. The van der Waals surface area contributed by atoms with E-state index in [4.69, 9.17) is 0 Å². The molecule has 18 heavy (non-hydrogen) atoms. The Morgan fingerprint density at radius 1 is 1.44 bits per heavy atom. The van der Waals surface area contributed by atoms with Crippen LogP contribution in [-0.4, -0.2) is 20.7 Å². The Morgan fingerprint density at radius 2 is 2.17 bits per heavy atom. The minimum absolute atomic E-state index is 0.0127. The molecule has 96 valence electrons. The molecular formula is C13H18N4O. The van der Waals surface area contributed by atoms with Crippen molar-refractivity contribution in [2.75, 3.05) is 5.32 Å². The summed E-state index contributed by atoms with van der Waals surface area (Å²) in [6, 6.07) is 3.67. The van der Waals surface area contributed by atoms with Crippen molar-refractivity contribution in [1.29, 1.82) is 0 Å². The molecule has 2 rings (SSSR count). The third-order valence-electron chi connectivity index (χ3n) is 2.75. The maximum atomic E-state index is 12.3. The Hall–Kier alpha value is -2.04. The molecule has 5 nitrogen and oxygen atoms in total. The van der Waals surface area contributed by atoms with Gasteiger partial charge in [0.2, 0.25) is 5.91 Å². The van der Waals surface area contributed by atoms with Crippen molar-refractivity contribution in [1.82, 2.24) is 14.8 Å². The Morgan fingerprint density at radius 3 is 2.72 bits per heavy atom. The maximum Gasteiger partial charge on any atom is 0.247 e. The van der Waals surface area contributed by atoms with Gasteiger partial charge in [-0.2, -0.15) is 5.10 Å². The molecule has 0 saturated carbocycles. The molecule has 0 aliphatic rings. The quantitative estimate of drug-likeness (QED) is 0.851. The summed E-state index contributed by atoms with van der Waals surface area (Å²) in [6.45, 7) is 4.23. The first-order valence-corrected chi connectivity index (χ1v) is 6.09. The van der Waals surface area contributed by atoms with E-state index in [-0.39, 0.29) is 11.9 Å². The summed E-state index contributed by atoms with van der Waals surface area (Å²) in [5, 5.41) is 9.35. The highest BCUT2D eigenvalue weighted by Crippen LogP contribution is 2.19. The van der Waals surface area contributed by atoms with E-state index in [1.54, 1.807) is 12.4 Å². The molecular weight excluding hydrogens is 228 g/mol. The minimum Gasteiger partial charge on any atom is -0.342 e. The van der Waals surface area contributed by atoms with Gasteiger partial charge in [-0.25, -0.2) is 0 Å². The van der Waals surface area contributed by atoms with Gasteiger partial charge in [-0.05, 0) is 24.5 Å². The SMILES string of the molecule is CC(C)C[C@@H](C(=O)Nc1cn[nH]c1)n1cccc1. The maximum absolute atomic E-state index is 12.3. The number of carbonyl (C=O) groups excluding carboxylic acids is 1. The van der Waals surface area contributed by atoms with Crippen molar-refractivity contribution >= 4 is 11.6 Å². The second kappa shape index (κ2) is 5.53. The first-order chi connectivity index (χ1) is 8.66. The molecule has 0 aliphatic carbocycles. The largest absolute Gasteiger partial charge is 0.342 e. The van der Waals surface area contributed by atoms with Crippen LogP contribution < -0.4 is 5.32 Å². The average Bonchev–Trinajstić information content (AvgIpc) is 2.97. The second-order valence-electron chi connectivity index (χ2n) is 4.75. The summed E-state index contributed by atoms with van der Waals surface area (Å²) in [5.74, 6) is 0.439. The summed E-state index contributed by atoms with van der Waals surface area (Å²) in [7, 11) is 0. The van der Waals surface area contributed by atoms with E-state index in [1.165, 1.54) is 0 Å². The summed E-state index contributed by atoms with van der Waals surface area (Å²) in [4.78, 5) is 12.3. The lowest BCUT2D eigenvalue weighted by molar-refractivity contribution is -0.119. The normalized spacial score (nSPS) is 12.6. The average molecular weight is 246 g/mol. The standard InChI is InChI=1S/C13H18N4O/c1-10(2)7-12(17-5-3-4-6-17)13(18)16-11-8-14-15-9-11/h3-6,8-10,12H,7H2,1-2H3,(H,14,15)(H,16,18)/t12-/m0/s1. The van der Waals surface area contributed by atoms with Crippen LogP contribution in [-0.2, 0) is 4.79 Å². The molecule has 0 aliphatic heterocycles. The number of carbonyl (C=O) groups is 1. The number of hydrogen-bond donors (Lipinski definition) is 2. The zero-order chi connectivity index (χ0) is 13.0. The fourth-order valence-electron chi connectivity index (χ4n) is 1.91. The Bertz CT molecular complexity index is 473. The van der Waals surface area contributed by atoms with E-state index in [2.05, 4.69) is 29.4 Å². The van der Waals surface area contributed by atoms with E-state index < -0.39 is 0 Å². The van der Waals surface area contributed by atoms with Gasteiger partial charge in [0, 0.05) is 18.6 Å². The number of H-pyrrole nitrogens is 1. The van der Waals surface area contributed by atoms with Gasteiger partial charge in [0.15, 0.2) is 0 Å². The van der Waals surface area contributed by atoms with Crippen LogP contribution in [0.3, 0.4) is 0 Å². The van der Waals surface area contributed by atoms with Gasteiger partial charge in [0.1, 0.15) is 6.04 Å². The molecule has 0 unspecified atom stereocenters. The number of nitrogens with zero attached hydrogens (tertiary/aromatic N) is 2. The Balaban J connectivity index is 2.11. The second-order valence-corrected chi connectivity index (χ2v) is 4.75. The van der Waals surface area contributed by atoms with Crippen LogP contribution in [0, 0.1) is 5.92 Å². The lowest BCUT2D eigenvalue weighted by atomic mass is 10.0. The molecule has 2 heterocycles. The van der Waals surface area contributed by atoms with Gasteiger partial charge < -0.3 is 9.88 Å². The molecule has 5 heteroatoms. The molecule has 2 N–H and O–H groups in total. The van der Waals surface area contributed by atoms with Gasteiger partial charge >= 0.3 is 0 Å². The molecule has 0 fully saturated rings. The minimum atomic E-state index is -0.185. The van der Waals surface area contributed by atoms with E-state index in [9.17, 15) is 4.79 Å². The molecule has 1 atom stereocenters. The highest BCUT2D eigenvalue weighted by Gasteiger charge is 2.21. The van der Waals surface area contributed by atoms with Crippen molar-refractivity contribution < 1.29 is 4.79 Å². The van der Waals surface area contributed by atoms with Crippen LogP contribution in [0.15, 0.2) is 36.9 Å². The number of nitrogens with one attached hydrogen (secondary N) is 2. The monoisotopic (exact) mass is 246 g/mol. The van der Waals surface area contributed by atoms with Crippen LogP contribution in [0.2, 0.25) is 0 Å². The molecule has 0 spiro atoms. The van der Waals surface area contributed by atoms with E-state index in [0.717, 1.165) is 6.42 Å². The smallest absolute Gasteiger partial charge is 0.247 e. The molecule has 0 saturated heterocycles. The topological polar surface area (TPSA) is 62.7 Å². The fourth-order valence-corrected chi connectivity index (χ4v) is 1.91. The van der Waals surface area contributed by atoms with E-state index >= 15 is 0 Å². The zero-order valence-electron chi connectivity index (χ0n) is 10.6. The lowest BCUT2D eigenvalue weighted by Gasteiger charge is -2.20. The van der Waals surface area contributed by atoms with Gasteiger partial charge in [-0.3, -0.25) is 9.89 Å². The Labute approximate surface area is 106 Å². The molecule has 0 bridgehead atoms. The summed E-state index contributed by atoms with van der Waals surface area (Å²) in [5.41, 5.74) is 0.695. The summed E-state index contributed by atoms with van der Waals surface area (Å²) < 4.78 is 1.94. The number of amides is 1. The predicted octanol–water partition coefficient (Wildman–Crippen LogP) is 2.44. The van der Waals surface area contributed by atoms with Crippen LogP contribution in [0.5, 0.6) is 0 Å². The predicted molar refractivity (Wildman–Crippen MR) is 70.1 cm³/mol. The molecule has 2 aromatic rings. The third-order valence-corrected chi connectivity index (χ3v) is 2.75. The van der Waals surface area contributed by atoms with Crippen LogP contribution in [0.1, 0.15) is 26.3 Å². The number of hydrogen-bond acceptors (Lipinski definition) is 2. The van der Waals surface area contributed by atoms with Gasteiger partial charge in [-0.15, -0.1) is 0 Å². The van der Waals surface area contributed by atoms with Crippen LogP contribution in [0.25, 0.3) is 0 Å². The van der Waals surface area contributed by atoms with Crippen molar-refractivity contribution in [3.05, 3.63) is 36.9 Å².